The van der Waals surface area contributed by atoms with E-state index in [0.717, 1.165) is 19.3 Å². The normalized spacial score (nSPS) is 18.7. The Bertz CT molecular complexity index is 639. The average molecular weight is 300 g/mol. The quantitative estimate of drug-likeness (QED) is 0.871. The molecule has 3 heterocycles. The van der Waals surface area contributed by atoms with Crippen LogP contribution in [-0.2, 0) is 0 Å². The zero-order chi connectivity index (χ0) is 15.5. The van der Waals surface area contributed by atoms with Gasteiger partial charge in [0.15, 0.2) is 5.82 Å². The Hall–Kier alpha value is -2.24. The number of likely N-dealkylation sites (tertiary alicyclic amines) is 1. The zero-order valence-electron chi connectivity index (χ0n) is 12.9. The van der Waals surface area contributed by atoms with E-state index >= 15 is 0 Å². The number of aromatic nitrogens is 3. The summed E-state index contributed by atoms with van der Waals surface area (Å²) in [6, 6.07) is 3.42. The maximum absolute atomic E-state index is 12.7. The largest absolute Gasteiger partial charge is 0.337 e. The highest BCUT2D eigenvalue weighted by Gasteiger charge is 2.32. The lowest BCUT2D eigenvalue weighted by molar-refractivity contribution is 0.0561. The van der Waals surface area contributed by atoms with Crippen LogP contribution < -0.4 is 0 Å². The van der Waals surface area contributed by atoms with Gasteiger partial charge in [0.2, 0.25) is 5.89 Å². The number of nitrogens with zero attached hydrogens (tertiary/aromatic N) is 4. The molecule has 116 valence electrons. The van der Waals surface area contributed by atoms with Gasteiger partial charge in [-0.15, -0.1) is 0 Å². The summed E-state index contributed by atoms with van der Waals surface area (Å²) in [4.78, 5) is 23.1. The lowest BCUT2D eigenvalue weighted by atomic mass is 10.0. The molecule has 6 nitrogen and oxygen atoms in total. The molecule has 22 heavy (non-hydrogen) atoms. The predicted octanol–water partition coefficient (Wildman–Crippen LogP) is 2.96. The van der Waals surface area contributed by atoms with Crippen molar-refractivity contribution in [3.8, 4) is 0 Å². The van der Waals surface area contributed by atoms with Crippen molar-refractivity contribution in [3.05, 3.63) is 41.8 Å². The van der Waals surface area contributed by atoms with Crippen LogP contribution in [0.5, 0.6) is 0 Å². The minimum absolute atomic E-state index is 0.0258. The van der Waals surface area contributed by atoms with E-state index in [-0.39, 0.29) is 17.9 Å². The van der Waals surface area contributed by atoms with Gasteiger partial charge in [-0.25, -0.2) is 0 Å². The fourth-order valence-corrected chi connectivity index (χ4v) is 2.70. The van der Waals surface area contributed by atoms with Crippen molar-refractivity contribution in [2.45, 2.75) is 45.1 Å². The molecule has 2 aromatic heterocycles. The van der Waals surface area contributed by atoms with Crippen molar-refractivity contribution in [1.29, 1.82) is 0 Å². The van der Waals surface area contributed by atoms with Crippen molar-refractivity contribution >= 4 is 5.91 Å². The molecule has 0 bridgehead atoms. The number of carbonyl (C=O) groups is 1. The second kappa shape index (κ2) is 6.25. The molecule has 0 spiro atoms. The summed E-state index contributed by atoms with van der Waals surface area (Å²) in [6.45, 7) is 4.75. The van der Waals surface area contributed by atoms with Gasteiger partial charge in [-0.1, -0.05) is 19.0 Å². The molecule has 0 aromatic carbocycles. The van der Waals surface area contributed by atoms with Gasteiger partial charge in [-0.05, 0) is 31.4 Å². The third-order valence-corrected chi connectivity index (χ3v) is 3.93. The molecule has 1 saturated heterocycles. The van der Waals surface area contributed by atoms with Crippen molar-refractivity contribution in [2.24, 2.45) is 0 Å². The van der Waals surface area contributed by atoms with Crippen molar-refractivity contribution in [1.82, 2.24) is 20.0 Å². The summed E-state index contributed by atoms with van der Waals surface area (Å²) in [5.74, 6) is 1.42. The molecule has 6 heteroatoms. The summed E-state index contributed by atoms with van der Waals surface area (Å²) in [5, 5.41) is 4.02. The van der Waals surface area contributed by atoms with Crippen LogP contribution in [0.3, 0.4) is 0 Å². The third kappa shape index (κ3) is 2.86. The van der Waals surface area contributed by atoms with Crippen molar-refractivity contribution < 1.29 is 9.32 Å². The highest BCUT2D eigenvalue weighted by atomic mass is 16.5. The van der Waals surface area contributed by atoms with E-state index in [2.05, 4.69) is 15.1 Å². The maximum Gasteiger partial charge on any atom is 0.256 e. The Morgan fingerprint density at radius 2 is 2.27 bits per heavy atom. The Labute approximate surface area is 129 Å². The monoisotopic (exact) mass is 300 g/mol. The molecular formula is C16H20N4O2. The van der Waals surface area contributed by atoms with E-state index in [1.54, 1.807) is 24.5 Å². The van der Waals surface area contributed by atoms with Crippen LogP contribution in [0.2, 0.25) is 0 Å². The first kappa shape index (κ1) is 14.7. The molecule has 0 saturated carbocycles. The SMILES string of the molecule is CC(C)c1noc([C@H]2CCCCN2C(=O)c2cccnc2)n1. The molecule has 3 rings (SSSR count). The highest BCUT2D eigenvalue weighted by Crippen LogP contribution is 2.31. The summed E-state index contributed by atoms with van der Waals surface area (Å²) in [5.41, 5.74) is 0.595. The third-order valence-electron chi connectivity index (χ3n) is 3.93. The molecule has 0 N–H and O–H groups in total. The van der Waals surface area contributed by atoms with E-state index < -0.39 is 0 Å². The molecule has 2 aromatic rings. The first-order chi connectivity index (χ1) is 10.7. The number of amides is 1. The minimum Gasteiger partial charge on any atom is -0.337 e. The summed E-state index contributed by atoms with van der Waals surface area (Å²) in [6.07, 6.45) is 6.17. The number of rotatable bonds is 3. The van der Waals surface area contributed by atoms with Gasteiger partial charge in [-0.3, -0.25) is 9.78 Å². The van der Waals surface area contributed by atoms with Gasteiger partial charge >= 0.3 is 0 Å². The smallest absolute Gasteiger partial charge is 0.256 e. The Morgan fingerprint density at radius 1 is 1.41 bits per heavy atom. The second-order valence-electron chi connectivity index (χ2n) is 5.90. The van der Waals surface area contributed by atoms with E-state index in [4.69, 9.17) is 4.52 Å². The summed E-state index contributed by atoms with van der Waals surface area (Å²) in [7, 11) is 0. The van der Waals surface area contributed by atoms with Gasteiger partial charge in [0, 0.05) is 24.9 Å². The van der Waals surface area contributed by atoms with Crippen molar-refractivity contribution in [2.75, 3.05) is 6.54 Å². The Kier molecular flexibility index (Phi) is 4.18. The average Bonchev–Trinajstić information content (AvgIpc) is 3.05. The maximum atomic E-state index is 12.7. The van der Waals surface area contributed by atoms with Crippen LogP contribution in [-0.4, -0.2) is 32.5 Å². The van der Waals surface area contributed by atoms with Gasteiger partial charge in [-0.2, -0.15) is 4.98 Å². The fraction of sp³-hybridized carbons (Fsp3) is 0.500. The molecular weight excluding hydrogens is 280 g/mol. The Morgan fingerprint density at radius 3 is 2.95 bits per heavy atom. The van der Waals surface area contributed by atoms with Crippen LogP contribution in [0.1, 0.15) is 67.1 Å². The highest BCUT2D eigenvalue weighted by molar-refractivity contribution is 5.94. The summed E-state index contributed by atoms with van der Waals surface area (Å²) >= 11 is 0. The van der Waals surface area contributed by atoms with Gasteiger partial charge < -0.3 is 9.42 Å². The van der Waals surface area contributed by atoms with E-state index in [0.29, 0.717) is 23.8 Å². The lowest BCUT2D eigenvalue weighted by Gasteiger charge is -2.33. The van der Waals surface area contributed by atoms with Crippen LogP contribution in [0.4, 0.5) is 0 Å². The van der Waals surface area contributed by atoms with Crippen LogP contribution in [0.15, 0.2) is 29.0 Å². The van der Waals surface area contributed by atoms with Crippen molar-refractivity contribution in [3.63, 3.8) is 0 Å². The first-order valence-electron chi connectivity index (χ1n) is 7.71. The molecule has 1 fully saturated rings. The van der Waals surface area contributed by atoms with Crippen LogP contribution in [0.25, 0.3) is 0 Å². The van der Waals surface area contributed by atoms with E-state index in [1.807, 2.05) is 18.7 Å². The molecule has 1 atom stereocenters. The van der Waals surface area contributed by atoms with Gasteiger partial charge in [0.05, 0.1) is 5.56 Å². The van der Waals surface area contributed by atoms with E-state index in [9.17, 15) is 4.79 Å². The Balaban J connectivity index is 1.86. The predicted molar refractivity (Wildman–Crippen MR) is 80.3 cm³/mol. The zero-order valence-corrected chi connectivity index (χ0v) is 12.9. The number of hydrogen-bond acceptors (Lipinski definition) is 5. The standard InChI is InChI=1S/C16H20N4O2/c1-11(2)14-18-15(22-19-14)13-7-3-4-9-20(13)16(21)12-6-5-8-17-10-12/h5-6,8,10-11,13H,3-4,7,9H2,1-2H3/t13-/m1/s1. The second-order valence-corrected chi connectivity index (χ2v) is 5.90. The number of carbonyl (C=O) groups excluding carboxylic acids is 1. The fourth-order valence-electron chi connectivity index (χ4n) is 2.70. The minimum atomic E-state index is -0.138. The van der Waals surface area contributed by atoms with Gasteiger partial charge in [0.1, 0.15) is 6.04 Å². The van der Waals surface area contributed by atoms with Crippen LogP contribution >= 0.6 is 0 Å². The number of piperidine rings is 1. The molecule has 1 aliphatic rings. The van der Waals surface area contributed by atoms with E-state index in [1.165, 1.54) is 0 Å². The molecule has 1 aliphatic heterocycles. The van der Waals surface area contributed by atoms with Gasteiger partial charge in [0.25, 0.3) is 5.91 Å². The molecule has 1 amide bonds. The van der Waals surface area contributed by atoms with Crippen LogP contribution in [0, 0.1) is 0 Å². The lowest BCUT2D eigenvalue weighted by Crippen LogP contribution is -2.38. The molecule has 0 unspecified atom stereocenters. The first-order valence-corrected chi connectivity index (χ1v) is 7.71. The molecule has 0 radical (unpaired) electrons. The number of hydrogen-bond donors (Lipinski definition) is 0. The molecule has 0 aliphatic carbocycles. The topological polar surface area (TPSA) is 72.1 Å². The number of pyridine rings is 1. The summed E-state index contributed by atoms with van der Waals surface area (Å²) < 4.78 is 5.41.